The quantitative estimate of drug-likeness (QED) is 0.356. The molecule has 3 amide bonds. The van der Waals surface area contributed by atoms with Gasteiger partial charge < -0.3 is 30.5 Å². The van der Waals surface area contributed by atoms with E-state index in [2.05, 4.69) is 16.0 Å². The van der Waals surface area contributed by atoms with E-state index in [1.165, 1.54) is 0 Å². The molecule has 0 unspecified atom stereocenters. The van der Waals surface area contributed by atoms with Crippen molar-refractivity contribution in [3.63, 3.8) is 0 Å². The molecule has 0 saturated carbocycles. The van der Waals surface area contributed by atoms with Gasteiger partial charge in [-0.15, -0.1) is 0 Å². The van der Waals surface area contributed by atoms with Gasteiger partial charge in [0.2, 0.25) is 5.91 Å². The Balaban J connectivity index is 1.29. The van der Waals surface area contributed by atoms with Gasteiger partial charge in [-0.2, -0.15) is 0 Å². The number of carbonyl (C=O) groups excluding carboxylic acids is 2. The van der Waals surface area contributed by atoms with Crippen LogP contribution in [0.4, 0.5) is 16.2 Å². The summed E-state index contributed by atoms with van der Waals surface area (Å²) >= 11 is 0. The van der Waals surface area contributed by atoms with E-state index in [0.29, 0.717) is 17.1 Å². The zero-order chi connectivity index (χ0) is 25.3. The van der Waals surface area contributed by atoms with E-state index in [-0.39, 0.29) is 18.9 Å². The summed E-state index contributed by atoms with van der Waals surface area (Å²) in [5, 5.41) is 18.2. The molecule has 0 spiro atoms. The normalized spacial score (nSPS) is 18.8. The Bertz CT molecular complexity index is 1200. The number of benzene rings is 3. The molecule has 4 rings (SSSR count). The number of amides is 3. The molecule has 8 nitrogen and oxygen atoms in total. The first-order valence-corrected chi connectivity index (χ1v) is 11.7. The molecule has 186 valence electrons. The number of anilines is 2. The van der Waals surface area contributed by atoms with Crippen LogP contribution in [0.25, 0.3) is 11.1 Å². The topological polar surface area (TPSA) is 109 Å². The number of nitrogens with one attached hydrogen (secondary N) is 3. The highest BCUT2D eigenvalue weighted by Crippen LogP contribution is 2.22. The van der Waals surface area contributed by atoms with Crippen LogP contribution in [-0.4, -0.2) is 49.0 Å². The van der Waals surface area contributed by atoms with Crippen molar-refractivity contribution in [3.8, 4) is 16.9 Å². The van der Waals surface area contributed by atoms with Gasteiger partial charge in [0.25, 0.3) is 0 Å². The van der Waals surface area contributed by atoms with E-state index in [1.54, 1.807) is 43.5 Å². The average molecular weight is 488 g/mol. The lowest BCUT2D eigenvalue weighted by molar-refractivity contribution is -0.120. The minimum absolute atomic E-state index is 0.0795. The highest BCUT2D eigenvalue weighted by Gasteiger charge is 2.29. The predicted octanol–water partition coefficient (Wildman–Crippen LogP) is 4.20. The van der Waals surface area contributed by atoms with Crippen molar-refractivity contribution < 1.29 is 24.2 Å². The van der Waals surface area contributed by atoms with E-state index in [1.807, 2.05) is 54.6 Å². The van der Waals surface area contributed by atoms with Crippen LogP contribution in [0.5, 0.6) is 5.75 Å². The molecular weight excluding hydrogens is 458 g/mol. The summed E-state index contributed by atoms with van der Waals surface area (Å²) in [5.41, 5.74) is 3.42. The number of hydrogen-bond donors (Lipinski definition) is 4. The van der Waals surface area contributed by atoms with Crippen molar-refractivity contribution >= 4 is 23.3 Å². The van der Waals surface area contributed by atoms with E-state index >= 15 is 0 Å². The lowest BCUT2D eigenvalue weighted by Crippen LogP contribution is -2.50. The Kier molecular flexibility index (Phi) is 8.33. The van der Waals surface area contributed by atoms with Crippen LogP contribution in [0.1, 0.15) is 6.42 Å². The zero-order valence-electron chi connectivity index (χ0n) is 19.9. The Morgan fingerprint density at radius 2 is 1.64 bits per heavy atom. The fourth-order valence-corrected chi connectivity index (χ4v) is 3.93. The molecular formula is C28H29N3O5. The molecule has 0 aromatic heterocycles. The lowest BCUT2D eigenvalue weighted by Gasteiger charge is -2.31. The van der Waals surface area contributed by atoms with Crippen molar-refractivity contribution in [2.24, 2.45) is 0 Å². The minimum atomic E-state index is -0.686. The highest BCUT2D eigenvalue weighted by atomic mass is 16.5. The monoisotopic (exact) mass is 487 g/mol. The summed E-state index contributed by atoms with van der Waals surface area (Å²) in [4.78, 5) is 25.0. The Hall–Kier alpha value is -4.14. The molecule has 0 saturated heterocycles. The summed E-state index contributed by atoms with van der Waals surface area (Å²) in [6.07, 6.45) is 2.33. The fourth-order valence-electron chi connectivity index (χ4n) is 3.93. The molecule has 3 atom stereocenters. The second kappa shape index (κ2) is 12.0. The van der Waals surface area contributed by atoms with E-state index in [0.717, 1.165) is 11.1 Å². The highest BCUT2D eigenvalue weighted by molar-refractivity contribution is 5.91. The Labute approximate surface area is 209 Å². The van der Waals surface area contributed by atoms with Crippen molar-refractivity contribution in [2.45, 2.75) is 24.7 Å². The number of aliphatic hydroxyl groups is 1. The largest absolute Gasteiger partial charge is 0.497 e. The first-order chi connectivity index (χ1) is 17.5. The predicted molar refractivity (Wildman–Crippen MR) is 139 cm³/mol. The standard InChI is InChI=1S/C28H29N3O5/c1-35-23-9-5-8-22(16-23)30-28(34)31-25-15-14-24(36-26(25)18-32)17-27(33)29-21-12-10-20(11-13-21)19-6-3-2-4-7-19/h2-16,24-26,32H,17-18H2,1H3,(H,29,33)(H2,30,31,34)/t24-,25+,26+/m0/s1. The third-order valence-electron chi connectivity index (χ3n) is 5.75. The van der Waals surface area contributed by atoms with Crippen LogP contribution in [0.2, 0.25) is 0 Å². The lowest BCUT2D eigenvalue weighted by atomic mass is 10.0. The summed E-state index contributed by atoms with van der Waals surface area (Å²) in [7, 11) is 1.55. The number of methoxy groups -OCH3 is 1. The maximum Gasteiger partial charge on any atom is 0.319 e. The van der Waals surface area contributed by atoms with Gasteiger partial charge in [0, 0.05) is 17.4 Å². The van der Waals surface area contributed by atoms with Gasteiger partial charge in [-0.3, -0.25) is 4.79 Å². The first kappa shape index (κ1) is 25.0. The third-order valence-corrected chi connectivity index (χ3v) is 5.75. The van der Waals surface area contributed by atoms with Crippen LogP contribution in [0, 0.1) is 0 Å². The number of rotatable bonds is 8. The average Bonchev–Trinajstić information content (AvgIpc) is 2.90. The fraction of sp³-hybridized carbons (Fsp3) is 0.214. The maximum absolute atomic E-state index is 12.6. The van der Waals surface area contributed by atoms with Gasteiger partial charge in [0.1, 0.15) is 11.9 Å². The molecule has 0 bridgehead atoms. The summed E-state index contributed by atoms with van der Waals surface area (Å²) in [5.74, 6) is 0.408. The van der Waals surface area contributed by atoms with Crippen LogP contribution >= 0.6 is 0 Å². The van der Waals surface area contributed by atoms with Crippen molar-refractivity contribution in [2.75, 3.05) is 24.4 Å². The third kappa shape index (κ3) is 6.71. The number of ether oxygens (including phenoxy) is 2. The second-order valence-corrected chi connectivity index (χ2v) is 8.33. The summed E-state index contributed by atoms with van der Waals surface area (Å²) in [6, 6.07) is 23.6. The minimum Gasteiger partial charge on any atom is -0.497 e. The molecule has 1 aliphatic heterocycles. The number of urea groups is 1. The van der Waals surface area contributed by atoms with Crippen LogP contribution in [0.3, 0.4) is 0 Å². The van der Waals surface area contributed by atoms with Crippen molar-refractivity contribution in [1.82, 2.24) is 5.32 Å². The van der Waals surface area contributed by atoms with Gasteiger partial charge in [-0.1, -0.05) is 60.7 Å². The van der Waals surface area contributed by atoms with Gasteiger partial charge in [-0.25, -0.2) is 4.79 Å². The van der Waals surface area contributed by atoms with Crippen LogP contribution < -0.4 is 20.7 Å². The van der Waals surface area contributed by atoms with E-state index in [9.17, 15) is 14.7 Å². The van der Waals surface area contributed by atoms with E-state index < -0.39 is 24.3 Å². The van der Waals surface area contributed by atoms with E-state index in [4.69, 9.17) is 9.47 Å². The van der Waals surface area contributed by atoms with Gasteiger partial charge in [0.15, 0.2) is 0 Å². The SMILES string of the molecule is COc1cccc(NC(=O)N[C@@H]2C=C[C@@H](CC(=O)Nc3ccc(-c4ccccc4)cc3)O[C@@H]2CO)c1. The molecule has 4 N–H and O–H groups in total. The van der Waals surface area contributed by atoms with Crippen molar-refractivity contribution in [3.05, 3.63) is 91.0 Å². The number of carbonyl (C=O) groups is 2. The molecule has 0 radical (unpaired) electrons. The molecule has 1 aliphatic rings. The molecule has 0 fully saturated rings. The maximum atomic E-state index is 12.6. The van der Waals surface area contributed by atoms with Gasteiger partial charge in [-0.05, 0) is 35.4 Å². The Morgan fingerprint density at radius 3 is 2.36 bits per heavy atom. The second-order valence-electron chi connectivity index (χ2n) is 8.33. The van der Waals surface area contributed by atoms with Gasteiger partial charge in [0.05, 0.1) is 32.3 Å². The van der Waals surface area contributed by atoms with Gasteiger partial charge >= 0.3 is 6.03 Å². The molecule has 0 aliphatic carbocycles. The van der Waals surface area contributed by atoms with Crippen LogP contribution in [0.15, 0.2) is 91.0 Å². The summed E-state index contributed by atoms with van der Waals surface area (Å²) < 4.78 is 11.0. The molecule has 1 heterocycles. The van der Waals surface area contributed by atoms with Crippen molar-refractivity contribution in [1.29, 1.82) is 0 Å². The zero-order valence-corrected chi connectivity index (χ0v) is 19.9. The van der Waals surface area contributed by atoms with Crippen LogP contribution in [-0.2, 0) is 9.53 Å². The first-order valence-electron chi connectivity index (χ1n) is 11.7. The number of aliphatic hydroxyl groups excluding tert-OH is 1. The number of hydrogen-bond acceptors (Lipinski definition) is 5. The molecule has 3 aromatic carbocycles. The summed E-state index contributed by atoms with van der Waals surface area (Å²) in [6.45, 7) is -0.312. The molecule has 8 heteroatoms. The molecule has 36 heavy (non-hydrogen) atoms. The molecule has 3 aromatic rings. The smallest absolute Gasteiger partial charge is 0.319 e. The Morgan fingerprint density at radius 1 is 0.889 bits per heavy atom.